The summed E-state index contributed by atoms with van der Waals surface area (Å²) < 4.78 is 0. The number of hydrogen-bond acceptors (Lipinski definition) is 2. The van der Waals surface area contributed by atoms with Crippen LogP contribution >= 0.6 is 0 Å². The standard InChI is InChI=1S/C13H21NO/c1-11(2)14(9-10-15)12(3)13-7-5-4-6-8-13/h4-8,11-12,15H,9-10H2,1-3H3. The van der Waals surface area contributed by atoms with Gasteiger partial charge in [0.1, 0.15) is 0 Å². The first-order valence-electron chi connectivity index (χ1n) is 5.58. The molecule has 0 fully saturated rings. The third-order valence-electron chi connectivity index (χ3n) is 2.80. The minimum Gasteiger partial charge on any atom is -0.395 e. The van der Waals surface area contributed by atoms with E-state index in [1.165, 1.54) is 5.56 Å². The Hall–Kier alpha value is -0.860. The molecule has 1 rings (SSSR count). The average molecular weight is 207 g/mol. The highest BCUT2D eigenvalue weighted by atomic mass is 16.3. The Kier molecular flexibility index (Phi) is 4.79. The Morgan fingerprint density at radius 1 is 1.13 bits per heavy atom. The molecule has 2 nitrogen and oxygen atoms in total. The van der Waals surface area contributed by atoms with Crippen molar-refractivity contribution in [1.29, 1.82) is 0 Å². The van der Waals surface area contributed by atoms with Gasteiger partial charge in [0.05, 0.1) is 6.61 Å². The predicted molar refractivity (Wildman–Crippen MR) is 63.8 cm³/mol. The minimum absolute atomic E-state index is 0.218. The zero-order chi connectivity index (χ0) is 11.3. The number of benzene rings is 1. The third-order valence-corrected chi connectivity index (χ3v) is 2.80. The van der Waals surface area contributed by atoms with Crippen LogP contribution in [0.15, 0.2) is 30.3 Å². The average Bonchev–Trinajstić information content (AvgIpc) is 2.26. The van der Waals surface area contributed by atoms with E-state index in [1.807, 2.05) is 6.07 Å². The van der Waals surface area contributed by atoms with Crippen molar-refractivity contribution in [3.63, 3.8) is 0 Å². The van der Waals surface area contributed by atoms with Gasteiger partial charge in [-0.05, 0) is 26.3 Å². The molecule has 0 aliphatic carbocycles. The molecule has 1 aromatic rings. The summed E-state index contributed by atoms with van der Waals surface area (Å²) >= 11 is 0. The highest BCUT2D eigenvalue weighted by Crippen LogP contribution is 2.21. The van der Waals surface area contributed by atoms with E-state index in [0.29, 0.717) is 12.1 Å². The zero-order valence-corrected chi connectivity index (χ0v) is 9.85. The fraction of sp³-hybridized carbons (Fsp3) is 0.538. The van der Waals surface area contributed by atoms with Crippen molar-refractivity contribution < 1.29 is 5.11 Å². The molecule has 0 spiro atoms. The SMILES string of the molecule is CC(C)N(CCO)C(C)c1ccccc1. The van der Waals surface area contributed by atoms with E-state index >= 15 is 0 Å². The molecule has 0 saturated carbocycles. The molecule has 15 heavy (non-hydrogen) atoms. The topological polar surface area (TPSA) is 23.5 Å². The summed E-state index contributed by atoms with van der Waals surface area (Å²) in [7, 11) is 0. The van der Waals surface area contributed by atoms with Gasteiger partial charge in [0.15, 0.2) is 0 Å². The van der Waals surface area contributed by atoms with Crippen LogP contribution in [0.5, 0.6) is 0 Å². The Labute approximate surface area is 92.5 Å². The quantitative estimate of drug-likeness (QED) is 0.801. The van der Waals surface area contributed by atoms with Crippen LogP contribution < -0.4 is 0 Å². The Bertz CT molecular complexity index is 271. The molecule has 0 amide bonds. The molecule has 0 aliphatic rings. The van der Waals surface area contributed by atoms with E-state index in [0.717, 1.165) is 6.54 Å². The third kappa shape index (κ3) is 3.33. The van der Waals surface area contributed by atoms with Gasteiger partial charge in [-0.2, -0.15) is 0 Å². The molecule has 1 N–H and O–H groups in total. The molecule has 2 heteroatoms. The van der Waals surface area contributed by atoms with Gasteiger partial charge < -0.3 is 5.11 Å². The number of nitrogens with zero attached hydrogens (tertiary/aromatic N) is 1. The lowest BCUT2D eigenvalue weighted by Gasteiger charge is -2.32. The van der Waals surface area contributed by atoms with E-state index in [1.54, 1.807) is 0 Å². The number of rotatable bonds is 5. The normalized spacial score (nSPS) is 13.5. The molecule has 0 saturated heterocycles. The van der Waals surface area contributed by atoms with Crippen LogP contribution in [0.3, 0.4) is 0 Å². The van der Waals surface area contributed by atoms with Gasteiger partial charge in [-0.3, -0.25) is 4.90 Å². The fourth-order valence-electron chi connectivity index (χ4n) is 1.94. The van der Waals surface area contributed by atoms with Crippen LogP contribution in [-0.2, 0) is 0 Å². The summed E-state index contributed by atoms with van der Waals surface area (Å²) in [5.74, 6) is 0. The summed E-state index contributed by atoms with van der Waals surface area (Å²) in [4.78, 5) is 2.30. The van der Waals surface area contributed by atoms with Crippen molar-refractivity contribution in [2.75, 3.05) is 13.2 Å². The maximum atomic E-state index is 9.04. The smallest absolute Gasteiger partial charge is 0.0558 e. The van der Waals surface area contributed by atoms with Gasteiger partial charge >= 0.3 is 0 Å². The molecular formula is C13H21NO. The van der Waals surface area contributed by atoms with E-state index < -0.39 is 0 Å². The van der Waals surface area contributed by atoms with E-state index in [-0.39, 0.29) is 6.61 Å². The summed E-state index contributed by atoms with van der Waals surface area (Å²) in [5.41, 5.74) is 1.31. The van der Waals surface area contributed by atoms with Gasteiger partial charge in [-0.1, -0.05) is 30.3 Å². The number of hydrogen-bond donors (Lipinski definition) is 1. The lowest BCUT2D eigenvalue weighted by atomic mass is 10.1. The van der Waals surface area contributed by atoms with E-state index in [2.05, 4.69) is 49.9 Å². The van der Waals surface area contributed by atoms with Crippen LogP contribution in [0.1, 0.15) is 32.4 Å². The van der Waals surface area contributed by atoms with Crippen LogP contribution in [-0.4, -0.2) is 29.2 Å². The summed E-state index contributed by atoms with van der Waals surface area (Å²) in [6, 6.07) is 11.2. The molecule has 0 bridgehead atoms. The number of aliphatic hydroxyl groups is 1. The second kappa shape index (κ2) is 5.89. The summed E-state index contributed by atoms with van der Waals surface area (Å²) in [5, 5.41) is 9.04. The lowest BCUT2D eigenvalue weighted by Crippen LogP contribution is -2.35. The molecule has 0 aromatic heterocycles. The van der Waals surface area contributed by atoms with Gasteiger partial charge in [0.25, 0.3) is 0 Å². The maximum absolute atomic E-state index is 9.04. The molecule has 1 unspecified atom stereocenters. The van der Waals surface area contributed by atoms with Gasteiger partial charge in [-0.25, -0.2) is 0 Å². The van der Waals surface area contributed by atoms with Gasteiger partial charge in [0, 0.05) is 18.6 Å². The van der Waals surface area contributed by atoms with Crippen LogP contribution in [0.25, 0.3) is 0 Å². The van der Waals surface area contributed by atoms with Crippen LogP contribution in [0.4, 0.5) is 0 Å². The molecule has 0 heterocycles. The fourth-order valence-corrected chi connectivity index (χ4v) is 1.94. The Morgan fingerprint density at radius 2 is 1.73 bits per heavy atom. The van der Waals surface area contributed by atoms with Crippen molar-refractivity contribution in [2.24, 2.45) is 0 Å². The van der Waals surface area contributed by atoms with Crippen LogP contribution in [0.2, 0.25) is 0 Å². The van der Waals surface area contributed by atoms with Crippen LogP contribution in [0, 0.1) is 0 Å². The highest BCUT2D eigenvalue weighted by molar-refractivity contribution is 5.18. The highest BCUT2D eigenvalue weighted by Gasteiger charge is 2.17. The number of aliphatic hydroxyl groups excluding tert-OH is 1. The van der Waals surface area contributed by atoms with E-state index in [9.17, 15) is 0 Å². The predicted octanol–water partition coefficient (Wildman–Crippen LogP) is 2.45. The van der Waals surface area contributed by atoms with Gasteiger partial charge in [-0.15, -0.1) is 0 Å². The molecule has 1 atom stereocenters. The Morgan fingerprint density at radius 3 is 2.20 bits per heavy atom. The molecule has 0 radical (unpaired) electrons. The maximum Gasteiger partial charge on any atom is 0.0558 e. The van der Waals surface area contributed by atoms with Crippen molar-refractivity contribution >= 4 is 0 Å². The van der Waals surface area contributed by atoms with Crippen molar-refractivity contribution in [3.8, 4) is 0 Å². The second-order valence-corrected chi connectivity index (χ2v) is 4.14. The molecule has 84 valence electrons. The molecular weight excluding hydrogens is 186 g/mol. The largest absolute Gasteiger partial charge is 0.395 e. The Balaban J connectivity index is 2.76. The van der Waals surface area contributed by atoms with E-state index in [4.69, 9.17) is 5.11 Å². The lowest BCUT2D eigenvalue weighted by molar-refractivity contribution is 0.126. The first-order chi connectivity index (χ1) is 7.16. The monoisotopic (exact) mass is 207 g/mol. The first kappa shape index (κ1) is 12.2. The van der Waals surface area contributed by atoms with Crippen molar-refractivity contribution in [2.45, 2.75) is 32.9 Å². The van der Waals surface area contributed by atoms with Crippen molar-refractivity contribution in [3.05, 3.63) is 35.9 Å². The van der Waals surface area contributed by atoms with Gasteiger partial charge in [0.2, 0.25) is 0 Å². The summed E-state index contributed by atoms with van der Waals surface area (Å²) in [6.45, 7) is 7.46. The minimum atomic E-state index is 0.218. The zero-order valence-electron chi connectivity index (χ0n) is 9.85. The second-order valence-electron chi connectivity index (χ2n) is 4.14. The summed E-state index contributed by atoms with van der Waals surface area (Å²) in [6.07, 6.45) is 0. The molecule has 1 aromatic carbocycles. The first-order valence-corrected chi connectivity index (χ1v) is 5.58. The van der Waals surface area contributed by atoms with Crippen molar-refractivity contribution in [1.82, 2.24) is 4.90 Å². The molecule has 0 aliphatic heterocycles.